The van der Waals surface area contributed by atoms with Crippen LogP contribution >= 0.6 is 0 Å². The average molecular weight is 283 g/mol. The van der Waals surface area contributed by atoms with Crippen LogP contribution in [0, 0.1) is 5.92 Å². The summed E-state index contributed by atoms with van der Waals surface area (Å²) in [5.74, 6) is -2.33. The molecule has 1 aromatic rings. The van der Waals surface area contributed by atoms with Crippen molar-refractivity contribution < 1.29 is 13.5 Å². The summed E-state index contributed by atoms with van der Waals surface area (Å²) in [5.41, 5.74) is 5.21. The smallest absolute Gasteiger partial charge is 0.296 e. The molecule has 0 radical (unpaired) electrons. The molecule has 0 aromatic heterocycles. The molecule has 2 rings (SSSR count). The average Bonchev–Trinajstić information content (AvgIpc) is 2.48. The van der Waals surface area contributed by atoms with Crippen molar-refractivity contribution in [2.75, 3.05) is 13.2 Å². The second kappa shape index (κ2) is 6.19. The normalized spacial score (nSPS) is 27.5. The van der Waals surface area contributed by atoms with Gasteiger partial charge in [-0.05, 0) is 31.6 Å². The lowest BCUT2D eigenvalue weighted by Gasteiger charge is -2.39. The molecule has 1 aliphatic rings. The Hall–Kier alpha value is -1.00. The van der Waals surface area contributed by atoms with Gasteiger partial charge in [-0.25, -0.2) is 0 Å². The van der Waals surface area contributed by atoms with Gasteiger partial charge in [0.15, 0.2) is 0 Å². The van der Waals surface area contributed by atoms with Gasteiger partial charge in [0, 0.05) is 12.1 Å². The van der Waals surface area contributed by atoms with Gasteiger partial charge in [-0.15, -0.1) is 0 Å². The molecule has 112 valence electrons. The summed E-state index contributed by atoms with van der Waals surface area (Å²) in [6.07, 6.45) is 3.54. The zero-order valence-corrected chi connectivity index (χ0v) is 11.9. The number of alkyl halides is 2. The first-order chi connectivity index (χ1) is 9.47. The third kappa shape index (κ3) is 3.55. The summed E-state index contributed by atoms with van der Waals surface area (Å²) < 4.78 is 33.9. The Morgan fingerprint density at radius 2 is 1.85 bits per heavy atom. The number of hydrogen-bond acceptors (Lipinski definition) is 2. The molecule has 2 nitrogen and oxygen atoms in total. The highest BCUT2D eigenvalue weighted by Gasteiger charge is 2.39. The quantitative estimate of drug-likeness (QED) is 0.894. The van der Waals surface area contributed by atoms with Crippen molar-refractivity contribution >= 4 is 0 Å². The van der Waals surface area contributed by atoms with E-state index >= 15 is 0 Å². The molecule has 0 aliphatic heterocycles. The first kappa shape index (κ1) is 15.4. The predicted molar refractivity (Wildman–Crippen MR) is 75.7 cm³/mol. The highest BCUT2D eigenvalue weighted by atomic mass is 19.3. The van der Waals surface area contributed by atoms with E-state index in [1.807, 2.05) is 0 Å². The molecule has 4 heteroatoms. The van der Waals surface area contributed by atoms with Crippen LogP contribution < -0.4 is 5.73 Å². The molecule has 20 heavy (non-hydrogen) atoms. The van der Waals surface area contributed by atoms with Gasteiger partial charge in [-0.3, -0.25) is 0 Å². The Labute approximate surface area is 119 Å². The van der Waals surface area contributed by atoms with E-state index in [2.05, 4.69) is 6.92 Å². The zero-order chi connectivity index (χ0) is 14.6. The molecule has 0 saturated heterocycles. The monoisotopic (exact) mass is 283 g/mol. The number of hydrogen-bond donors (Lipinski definition) is 1. The SMILES string of the molecule is CC1CCC(CN)(OCC(F)(F)c2ccccc2)CC1. The van der Waals surface area contributed by atoms with Crippen molar-refractivity contribution in [3.8, 4) is 0 Å². The number of rotatable bonds is 5. The van der Waals surface area contributed by atoms with Crippen LogP contribution in [0.1, 0.15) is 38.2 Å². The fraction of sp³-hybridized carbons (Fsp3) is 0.625. The maximum atomic E-state index is 14.1. The van der Waals surface area contributed by atoms with Gasteiger partial charge in [0.2, 0.25) is 0 Å². The highest BCUT2D eigenvalue weighted by molar-refractivity contribution is 5.20. The van der Waals surface area contributed by atoms with E-state index in [4.69, 9.17) is 10.5 Å². The lowest BCUT2D eigenvalue weighted by molar-refractivity contribution is -0.153. The third-order valence-electron chi connectivity index (χ3n) is 4.31. The first-order valence-corrected chi connectivity index (χ1v) is 7.25. The molecular weight excluding hydrogens is 260 g/mol. The Balaban J connectivity index is 1.99. The van der Waals surface area contributed by atoms with Crippen LogP contribution in [0.2, 0.25) is 0 Å². The fourth-order valence-corrected chi connectivity index (χ4v) is 2.70. The van der Waals surface area contributed by atoms with Gasteiger partial charge in [-0.2, -0.15) is 8.78 Å². The summed E-state index contributed by atoms with van der Waals surface area (Å²) >= 11 is 0. The number of benzene rings is 1. The first-order valence-electron chi connectivity index (χ1n) is 7.25. The molecule has 2 N–H and O–H groups in total. The van der Waals surface area contributed by atoms with E-state index in [0.717, 1.165) is 25.7 Å². The summed E-state index contributed by atoms with van der Waals surface area (Å²) in [5, 5.41) is 0. The maximum Gasteiger partial charge on any atom is 0.296 e. The van der Waals surface area contributed by atoms with Crippen molar-refractivity contribution in [3.05, 3.63) is 35.9 Å². The van der Waals surface area contributed by atoms with Crippen LogP contribution in [0.25, 0.3) is 0 Å². The summed E-state index contributed by atoms with van der Waals surface area (Å²) in [7, 11) is 0. The molecular formula is C16H23F2NO. The van der Waals surface area contributed by atoms with Gasteiger partial charge < -0.3 is 10.5 Å². The van der Waals surface area contributed by atoms with Crippen LogP contribution in [0.4, 0.5) is 8.78 Å². The second-order valence-corrected chi connectivity index (χ2v) is 5.93. The predicted octanol–water partition coefficient (Wildman–Crippen LogP) is 3.70. The van der Waals surface area contributed by atoms with Gasteiger partial charge in [0.25, 0.3) is 5.92 Å². The summed E-state index contributed by atoms with van der Waals surface area (Å²) in [4.78, 5) is 0. The maximum absolute atomic E-state index is 14.1. The molecule has 0 atom stereocenters. The Bertz CT molecular complexity index is 414. The van der Waals surface area contributed by atoms with Crippen molar-refractivity contribution in [1.82, 2.24) is 0 Å². The molecule has 0 unspecified atom stereocenters. The molecule has 1 saturated carbocycles. The molecule has 1 aliphatic carbocycles. The Kier molecular flexibility index (Phi) is 4.76. The number of halogens is 2. The minimum atomic E-state index is -2.97. The number of nitrogens with two attached hydrogens (primary N) is 1. The van der Waals surface area contributed by atoms with Gasteiger partial charge in [0.1, 0.15) is 6.61 Å². The Morgan fingerprint density at radius 3 is 2.40 bits per heavy atom. The highest BCUT2D eigenvalue weighted by Crippen LogP contribution is 2.37. The lowest BCUT2D eigenvalue weighted by atomic mass is 9.79. The van der Waals surface area contributed by atoms with Crippen molar-refractivity contribution in [1.29, 1.82) is 0 Å². The van der Waals surface area contributed by atoms with E-state index in [1.165, 1.54) is 12.1 Å². The minimum absolute atomic E-state index is 0.00338. The third-order valence-corrected chi connectivity index (χ3v) is 4.31. The van der Waals surface area contributed by atoms with Crippen molar-refractivity contribution in [3.63, 3.8) is 0 Å². The van der Waals surface area contributed by atoms with E-state index in [9.17, 15) is 8.78 Å². The zero-order valence-electron chi connectivity index (χ0n) is 11.9. The van der Waals surface area contributed by atoms with E-state index < -0.39 is 18.1 Å². The minimum Gasteiger partial charge on any atom is -0.367 e. The molecule has 0 amide bonds. The molecule has 0 bridgehead atoms. The second-order valence-electron chi connectivity index (χ2n) is 5.93. The largest absolute Gasteiger partial charge is 0.367 e. The van der Waals surface area contributed by atoms with Crippen molar-refractivity contribution in [2.24, 2.45) is 11.7 Å². The summed E-state index contributed by atoms with van der Waals surface area (Å²) in [6.45, 7) is 1.90. The van der Waals surface area contributed by atoms with E-state index in [0.29, 0.717) is 12.5 Å². The molecule has 0 spiro atoms. The van der Waals surface area contributed by atoms with Crippen LogP contribution in [0.5, 0.6) is 0 Å². The summed E-state index contributed by atoms with van der Waals surface area (Å²) in [6, 6.07) is 7.82. The molecule has 1 fully saturated rings. The van der Waals surface area contributed by atoms with E-state index in [-0.39, 0.29) is 5.56 Å². The van der Waals surface area contributed by atoms with Gasteiger partial charge in [0.05, 0.1) is 5.60 Å². The van der Waals surface area contributed by atoms with Gasteiger partial charge >= 0.3 is 0 Å². The van der Waals surface area contributed by atoms with Crippen LogP contribution in [0.3, 0.4) is 0 Å². The van der Waals surface area contributed by atoms with Gasteiger partial charge in [-0.1, -0.05) is 37.3 Å². The fourth-order valence-electron chi connectivity index (χ4n) is 2.70. The number of ether oxygens (including phenoxy) is 1. The standard InChI is InChI=1S/C16H23F2NO/c1-13-7-9-15(11-19,10-8-13)20-12-16(17,18)14-5-3-2-4-6-14/h2-6,13H,7-12,19H2,1H3. The van der Waals surface area contributed by atoms with Crippen molar-refractivity contribution in [2.45, 2.75) is 44.1 Å². The molecule has 0 heterocycles. The lowest BCUT2D eigenvalue weighted by Crippen LogP contribution is -2.45. The van der Waals surface area contributed by atoms with Crippen LogP contribution in [-0.4, -0.2) is 18.8 Å². The van der Waals surface area contributed by atoms with Crippen LogP contribution in [0.15, 0.2) is 30.3 Å². The topological polar surface area (TPSA) is 35.2 Å². The molecule has 1 aromatic carbocycles. The van der Waals surface area contributed by atoms with Crippen LogP contribution in [-0.2, 0) is 10.7 Å². The van der Waals surface area contributed by atoms with E-state index in [1.54, 1.807) is 18.2 Å². The Morgan fingerprint density at radius 1 is 1.25 bits per heavy atom.